The molecule has 0 atom stereocenters. The van der Waals surface area contributed by atoms with Crippen molar-refractivity contribution in [3.05, 3.63) is 41.6 Å². The third kappa shape index (κ3) is 5.46. The van der Waals surface area contributed by atoms with Crippen LogP contribution in [0.2, 0.25) is 0 Å². The van der Waals surface area contributed by atoms with Crippen LogP contribution < -0.4 is 4.90 Å². The van der Waals surface area contributed by atoms with Gasteiger partial charge in [0.2, 0.25) is 5.91 Å². The number of carbonyl (C=O) groups excluding carboxylic acids is 1. The molecule has 2 aromatic heterocycles. The summed E-state index contributed by atoms with van der Waals surface area (Å²) in [5, 5.41) is 5.70. The molecule has 188 valence electrons. The first-order chi connectivity index (χ1) is 16.5. The largest absolute Gasteiger partial charge is 0.354 e. The van der Waals surface area contributed by atoms with Crippen LogP contribution in [0.5, 0.6) is 0 Å². The second-order valence-electron chi connectivity index (χ2n) is 11.0. The topological polar surface area (TPSA) is 67.2 Å². The number of benzene rings is 1. The normalized spacial score (nSPS) is 15.2. The number of hydrogen-bond donors (Lipinski definition) is 0. The lowest BCUT2D eigenvalue weighted by molar-refractivity contribution is -0.139. The van der Waals surface area contributed by atoms with Crippen molar-refractivity contribution in [2.75, 3.05) is 31.1 Å². The zero-order valence-corrected chi connectivity index (χ0v) is 21.8. The van der Waals surface area contributed by atoms with E-state index in [1.165, 1.54) is 12.1 Å². The first kappa shape index (κ1) is 25.1. The molecule has 8 heteroatoms. The van der Waals surface area contributed by atoms with Gasteiger partial charge in [0.1, 0.15) is 17.5 Å². The van der Waals surface area contributed by atoms with Crippen molar-refractivity contribution in [1.82, 2.24) is 24.6 Å². The summed E-state index contributed by atoms with van der Waals surface area (Å²) in [7, 11) is 0. The smallest absolute Gasteiger partial charge is 0.228 e. The van der Waals surface area contributed by atoms with Gasteiger partial charge in [0.15, 0.2) is 5.65 Å². The standard InChI is InChI=1S/C27H37FN6O/c1-18(2)8-13-22-29-24(32-14-7-15-33(17-16-32)26(35)27(4,5)6)23-19(3)31-34(25(23)30-22)21-11-9-20(28)10-12-21/h9-12,18H,7-8,13-17H2,1-6H3. The summed E-state index contributed by atoms with van der Waals surface area (Å²) in [6.07, 6.45) is 2.64. The highest BCUT2D eigenvalue weighted by Crippen LogP contribution is 2.30. The van der Waals surface area contributed by atoms with E-state index in [1.54, 1.807) is 16.8 Å². The highest BCUT2D eigenvalue weighted by molar-refractivity contribution is 5.91. The molecule has 1 fully saturated rings. The van der Waals surface area contributed by atoms with Crippen LogP contribution in [0, 0.1) is 24.1 Å². The summed E-state index contributed by atoms with van der Waals surface area (Å²) in [5.41, 5.74) is 1.95. The summed E-state index contributed by atoms with van der Waals surface area (Å²) in [4.78, 5) is 27.1. The number of halogens is 1. The Bertz CT molecular complexity index is 1200. The average Bonchev–Trinajstić information content (AvgIpc) is 2.97. The fraction of sp³-hybridized carbons (Fsp3) is 0.556. The number of nitrogens with zero attached hydrogens (tertiary/aromatic N) is 6. The van der Waals surface area contributed by atoms with Crippen LogP contribution in [0.25, 0.3) is 16.7 Å². The van der Waals surface area contributed by atoms with E-state index in [0.717, 1.165) is 66.4 Å². The Kier molecular flexibility index (Phi) is 7.10. The van der Waals surface area contributed by atoms with Crippen molar-refractivity contribution in [1.29, 1.82) is 0 Å². The lowest BCUT2D eigenvalue weighted by atomic mass is 9.94. The Labute approximate surface area is 207 Å². The Hall–Kier alpha value is -3.03. The second kappa shape index (κ2) is 9.91. The molecule has 1 aliphatic rings. The minimum absolute atomic E-state index is 0.185. The fourth-order valence-electron chi connectivity index (χ4n) is 4.53. The van der Waals surface area contributed by atoms with E-state index in [2.05, 4.69) is 18.7 Å². The molecule has 1 aliphatic heterocycles. The molecule has 1 saturated heterocycles. The van der Waals surface area contributed by atoms with Crippen LogP contribution in [-0.2, 0) is 11.2 Å². The molecule has 0 radical (unpaired) electrons. The van der Waals surface area contributed by atoms with Gasteiger partial charge in [0, 0.05) is 38.0 Å². The van der Waals surface area contributed by atoms with Crippen LogP contribution in [0.15, 0.2) is 24.3 Å². The first-order valence-corrected chi connectivity index (χ1v) is 12.6. The molecule has 3 aromatic rings. The molecular weight excluding hydrogens is 443 g/mol. The van der Waals surface area contributed by atoms with Gasteiger partial charge in [-0.1, -0.05) is 34.6 Å². The third-order valence-electron chi connectivity index (χ3n) is 6.47. The molecule has 0 saturated carbocycles. The molecule has 0 bridgehead atoms. The van der Waals surface area contributed by atoms with E-state index >= 15 is 0 Å². The molecule has 4 rings (SSSR count). The predicted octanol–water partition coefficient (Wildman–Crippen LogP) is 4.94. The van der Waals surface area contributed by atoms with Crippen LogP contribution in [0.1, 0.15) is 59.0 Å². The van der Waals surface area contributed by atoms with Crippen LogP contribution in [0.3, 0.4) is 0 Å². The fourth-order valence-corrected chi connectivity index (χ4v) is 4.53. The maximum atomic E-state index is 13.6. The number of rotatable bonds is 5. The van der Waals surface area contributed by atoms with Crippen LogP contribution in [0.4, 0.5) is 10.2 Å². The molecule has 7 nitrogen and oxygen atoms in total. The first-order valence-electron chi connectivity index (χ1n) is 12.6. The van der Waals surface area contributed by atoms with E-state index in [-0.39, 0.29) is 11.7 Å². The molecule has 0 spiro atoms. The molecule has 0 unspecified atom stereocenters. The zero-order valence-electron chi connectivity index (χ0n) is 21.8. The second-order valence-corrected chi connectivity index (χ2v) is 11.0. The summed E-state index contributed by atoms with van der Waals surface area (Å²) in [6, 6.07) is 6.32. The number of carbonyl (C=O) groups is 1. The van der Waals surface area contributed by atoms with Gasteiger partial charge in [-0.15, -0.1) is 0 Å². The lowest BCUT2D eigenvalue weighted by Crippen LogP contribution is -2.41. The monoisotopic (exact) mass is 480 g/mol. The Morgan fingerprint density at radius 2 is 1.77 bits per heavy atom. The Morgan fingerprint density at radius 1 is 1.06 bits per heavy atom. The highest BCUT2D eigenvalue weighted by Gasteiger charge is 2.30. The molecular formula is C27H37FN6O. The number of aromatic nitrogens is 4. The number of hydrogen-bond acceptors (Lipinski definition) is 5. The molecule has 1 aromatic carbocycles. The van der Waals surface area contributed by atoms with Gasteiger partial charge >= 0.3 is 0 Å². The molecule has 3 heterocycles. The summed E-state index contributed by atoms with van der Waals surface area (Å²) >= 11 is 0. The van der Waals surface area contributed by atoms with E-state index in [0.29, 0.717) is 19.0 Å². The van der Waals surface area contributed by atoms with Crippen molar-refractivity contribution >= 4 is 22.8 Å². The van der Waals surface area contributed by atoms with E-state index in [4.69, 9.17) is 15.1 Å². The van der Waals surface area contributed by atoms with E-state index in [9.17, 15) is 9.18 Å². The summed E-state index contributed by atoms with van der Waals surface area (Å²) < 4.78 is 15.4. The quantitative estimate of drug-likeness (QED) is 0.518. The molecule has 1 amide bonds. The number of anilines is 1. The van der Waals surface area contributed by atoms with Crippen molar-refractivity contribution in [3.8, 4) is 5.69 Å². The maximum absolute atomic E-state index is 13.6. The average molecular weight is 481 g/mol. The minimum atomic E-state index is -0.395. The van der Waals surface area contributed by atoms with Gasteiger partial charge in [0.05, 0.1) is 16.8 Å². The number of amides is 1. The van der Waals surface area contributed by atoms with E-state index in [1.807, 2.05) is 32.6 Å². The van der Waals surface area contributed by atoms with Crippen molar-refractivity contribution < 1.29 is 9.18 Å². The van der Waals surface area contributed by atoms with Crippen LogP contribution in [-0.4, -0.2) is 56.7 Å². The predicted molar refractivity (Wildman–Crippen MR) is 137 cm³/mol. The summed E-state index contributed by atoms with van der Waals surface area (Å²) in [6.45, 7) is 15.2. The third-order valence-corrected chi connectivity index (χ3v) is 6.47. The molecule has 0 N–H and O–H groups in total. The maximum Gasteiger partial charge on any atom is 0.228 e. The van der Waals surface area contributed by atoms with Gasteiger partial charge < -0.3 is 9.80 Å². The van der Waals surface area contributed by atoms with E-state index < -0.39 is 5.41 Å². The van der Waals surface area contributed by atoms with Gasteiger partial charge in [-0.3, -0.25) is 4.79 Å². The highest BCUT2D eigenvalue weighted by atomic mass is 19.1. The minimum Gasteiger partial charge on any atom is -0.354 e. The number of aryl methyl sites for hydroxylation is 2. The SMILES string of the molecule is Cc1nn(-c2ccc(F)cc2)c2nc(CCC(C)C)nc(N3CCCN(C(=O)C(C)(C)C)CC3)c12. The van der Waals surface area contributed by atoms with Crippen molar-refractivity contribution in [2.24, 2.45) is 11.3 Å². The van der Waals surface area contributed by atoms with Crippen molar-refractivity contribution in [2.45, 2.75) is 60.8 Å². The Morgan fingerprint density at radius 3 is 2.43 bits per heavy atom. The number of fused-ring (bicyclic) bond motifs is 1. The summed E-state index contributed by atoms with van der Waals surface area (Å²) in [5.74, 6) is 2.11. The van der Waals surface area contributed by atoms with Crippen LogP contribution >= 0.6 is 0 Å². The lowest BCUT2D eigenvalue weighted by Gasteiger charge is -2.28. The Balaban J connectivity index is 1.76. The zero-order chi connectivity index (χ0) is 25.3. The molecule has 35 heavy (non-hydrogen) atoms. The van der Waals surface area contributed by atoms with Gasteiger partial charge in [-0.2, -0.15) is 5.10 Å². The molecule has 0 aliphatic carbocycles. The van der Waals surface area contributed by atoms with Gasteiger partial charge in [-0.05, 0) is 49.9 Å². The van der Waals surface area contributed by atoms with Gasteiger partial charge in [0.25, 0.3) is 0 Å². The van der Waals surface area contributed by atoms with Crippen molar-refractivity contribution in [3.63, 3.8) is 0 Å². The van der Waals surface area contributed by atoms with Gasteiger partial charge in [-0.25, -0.2) is 19.0 Å².